The Labute approximate surface area is 115 Å². The van der Waals surface area contributed by atoms with Crippen molar-refractivity contribution in [2.75, 3.05) is 6.54 Å². The van der Waals surface area contributed by atoms with E-state index in [1.54, 1.807) is 6.20 Å². The highest BCUT2D eigenvalue weighted by Gasteiger charge is 2.06. The molecule has 1 atom stereocenters. The second-order valence-electron chi connectivity index (χ2n) is 4.07. The van der Waals surface area contributed by atoms with Crippen molar-refractivity contribution in [1.82, 2.24) is 15.5 Å². The van der Waals surface area contributed by atoms with Crippen molar-refractivity contribution < 1.29 is 4.74 Å². The van der Waals surface area contributed by atoms with E-state index < -0.39 is 0 Å². The molecule has 5 heteroatoms. The number of hydrogen-bond acceptors (Lipinski definition) is 3. The van der Waals surface area contributed by atoms with E-state index in [4.69, 9.17) is 4.74 Å². The minimum Gasteiger partial charge on any atom is -0.488 e. The van der Waals surface area contributed by atoms with Crippen LogP contribution in [0.15, 0.2) is 41.0 Å². The van der Waals surface area contributed by atoms with E-state index in [1.165, 1.54) is 0 Å². The first kappa shape index (κ1) is 13.1. The molecular formula is C13H16BrN3O. The van der Waals surface area contributed by atoms with Crippen LogP contribution >= 0.6 is 15.9 Å². The van der Waals surface area contributed by atoms with Gasteiger partial charge in [-0.1, -0.05) is 12.1 Å². The van der Waals surface area contributed by atoms with Gasteiger partial charge < -0.3 is 10.1 Å². The smallest absolute Gasteiger partial charge is 0.133 e. The van der Waals surface area contributed by atoms with Gasteiger partial charge >= 0.3 is 0 Å². The number of halogens is 1. The van der Waals surface area contributed by atoms with Gasteiger partial charge in [0.2, 0.25) is 0 Å². The van der Waals surface area contributed by atoms with Crippen LogP contribution in [0.4, 0.5) is 0 Å². The normalized spacial score (nSPS) is 12.3. The third kappa shape index (κ3) is 3.85. The highest BCUT2D eigenvalue weighted by atomic mass is 79.9. The zero-order valence-corrected chi connectivity index (χ0v) is 11.8. The molecule has 2 aromatic rings. The van der Waals surface area contributed by atoms with Crippen LogP contribution < -0.4 is 10.1 Å². The maximum Gasteiger partial charge on any atom is 0.133 e. The highest BCUT2D eigenvalue weighted by Crippen LogP contribution is 2.24. The van der Waals surface area contributed by atoms with E-state index in [2.05, 4.69) is 31.4 Å². The zero-order valence-electron chi connectivity index (χ0n) is 10.2. The number of para-hydroxylation sites is 1. The summed E-state index contributed by atoms with van der Waals surface area (Å²) in [5.74, 6) is 0.869. The minimum absolute atomic E-state index is 0.103. The molecule has 0 aliphatic carbocycles. The molecule has 0 aliphatic heterocycles. The summed E-state index contributed by atoms with van der Waals surface area (Å²) < 4.78 is 6.81. The average Bonchev–Trinajstić information content (AvgIpc) is 2.85. The first-order valence-electron chi connectivity index (χ1n) is 5.86. The lowest BCUT2D eigenvalue weighted by molar-refractivity contribution is 0.215. The van der Waals surface area contributed by atoms with Crippen LogP contribution in [0.5, 0.6) is 5.75 Å². The van der Waals surface area contributed by atoms with Crippen molar-refractivity contribution in [3.63, 3.8) is 0 Å². The Hall–Kier alpha value is -1.33. The summed E-state index contributed by atoms with van der Waals surface area (Å²) in [6.07, 6.45) is 1.85. The Bertz CT molecular complexity index is 473. The summed E-state index contributed by atoms with van der Waals surface area (Å²) in [6.45, 7) is 3.59. The molecule has 0 aliphatic rings. The summed E-state index contributed by atoms with van der Waals surface area (Å²) >= 11 is 3.47. The molecule has 1 heterocycles. The summed E-state index contributed by atoms with van der Waals surface area (Å²) in [5.41, 5.74) is 1.07. The Kier molecular flexibility index (Phi) is 4.78. The number of rotatable bonds is 6. The lowest BCUT2D eigenvalue weighted by Crippen LogP contribution is -2.28. The van der Waals surface area contributed by atoms with Crippen molar-refractivity contribution in [3.8, 4) is 5.75 Å². The van der Waals surface area contributed by atoms with Gasteiger partial charge in [0.05, 0.1) is 4.47 Å². The van der Waals surface area contributed by atoms with Crippen LogP contribution in [0.25, 0.3) is 0 Å². The number of nitrogens with one attached hydrogen (secondary N) is 2. The van der Waals surface area contributed by atoms with Gasteiger partial charge in [0.1, 0.15) is 11.9 Å². The molecular weight excluding hydrogens is 294 g/mol. The van der Waals surface area contributed by atoms with Crippen LogP contribution in [-0.4, -0.2) is 22.8 Å². The van der Waals surface area contributed by atoms with Crippen LogP contribution in [-0.2, 0) is 6.54 Å². The van der Waals surface area contributed by atoms with Gasteiger partial charge in [0.15, 0.2) is 0 Å². The van der Waals surface area contributed by atoms with Crippen LogP contribution in [0, 0.1) is 0 Å². The van der Waals surface area contributed by atoms with E-state index in [9.17, 15) is 0 Å². The zero-order chi connectivity index (χ0) is 12.8. The van der Waals surface area contributed by atoms with E-state index in [0.717, 1.165) is 29.0 Å². The maximum atomic E-state index is 5.83. The fourth-order valence-electron chi connectivity index (χ4n) is 1.59. The number of aromatic amines is 1. The molecule has 0 amide bonds. The number of hydrogen-bond donors (Lipinski definition) is 2. The minimum atomic E-state index is 0.103. The first-order chi connectivity index (χ1) is 8.75. The summed E-state index contributed by atoms with van der Waals surface area (Å²) in [4.78, 5) is 0. The molecule has 0 saturated carbocycles. The largest absolute Gasteiger partial charge is 0.488 e. The second kappa shape index (κ2) is 6.56. The van der Waals surface area contributed by atoms with Gasteiger partial charge in [-0.05, 0) is 41.1 Å². The van der Waals surface area contributed by atoms with Crippen molar-refractivity contribution in [2.24, 2.45) is 0 Å². The fraction of sp³-hybridized carbons (Fsp3) is 0.308. The molecule has 0 bridgehead atoms. The predicted molar refractivity (Wildman–Crippen MR) is 74.5 cm³/mol. The first-order valence-corrected chi connectivity index (χ1v) is 6.65. The van der Waals surface area contributed by atoms with Crippen LogP contribution in [0.3, 0.4) is 0 Å². The predicted octanol–water partition coefficient (Wildman–Crippen LogP) is 2.73. The Morgan fingerprint density at radius 3 is 2.94 bits per heavy atom. The lowest BCUT2D eigenvalue weighted by atomic mass is 10.3. The molecule has 18 heavy (non-hydrogen) atoms. The number of nitrogens with zero attached hydrogens (tertiary/aromatic N) is 1. The number of benzene rings is 1. The van der Waals surface area contributed by atoms with Gasteiger partial charge in [-0.25, -0.2) is 0 Å². The van der Waals surface area contributed by atoms with Gasteiger partial charge in [0.25, 0.3) is 0 Å². The quantitative estimate of drug-likeness (QED) is 0.862. The SMILES string of the molecule is C[C@H](CNCc1ccn[nH]1)Oc1ccccc1Br. The van der Waals surface area contributed by atoms with Gasteiger partial charge in [-0.2, -0.15) is 5.10 Å². The molecule has 0 saturated heterocycles. The topological polar surface area (TPSA) is 49.9 Å². The molecule has 2 rings (SSSR count). The number of H-pyrrole nitrogens is 1. The second-order valence-corrected chi connectivity index (χ2v) is 4.93. The summed E-state index contributed by atoms with van der Waals surface area (Å²) in [6, 6.07) is 9.81. The summed E-state index contributed by atoms with van der Waals surface area (Å²) in [5, 5.41) is 10.1. The van der Waals surface area contributed by atoms with Crippen LogP contribution in [0.1, 0.15) is 12.6 Å². The lowest BCUT2D eigenvalue weighted by Gasteiger charge is -2.16. The van der Waals surface area contributed by atoms with E-state index in [-0.39, 0.29) is 6.10 Å². The van der Waals surface area contributed by atoms with E-state index in [0.29, 0.717) is 0 Å². The third-order valence-corrected chi connectivity index (χ3v) is 3.13. The maximum absolute atomic E-state index is 5.83. The Morgan fingerprint density at radius 2 is 2.22 bits per heavy atom. The molecule has 0 fully saturated rings. The van der Waals surface area contributed by atoms with Crippen LogP contribution in [0.2, 0.25) is 0 Å². The van der Waals surface area contributed by atoms with E-state index in [1.807, 2.05) is 37.3 Å². The third-order valence-electron chi connectivity index (χ3n) is 2.47. The van der Waals surface area contributed by atoms with Crippen molar-refractivity contribution in [2.45, 2.75) is 19.6 Å². The van der Waals surface area contributed by atoms with Gasteiger partial charge in [-0.3, -0.25) is 5.10 Å². The standard InChI is InChI=1S/C13H16BrN3O/c1-10(8-15-9-11-6-7-16-17-11)18-13-5-3-2-4-12(13)14/h2-7,10,15H,8-9H2,1H3,(H,16,17)/t10-/m1/s1. The number of ether oxygens (including phenoxy) is 1. The summed E-state index contributed by atoms with van der Waals surface area (Å²) in [7, 11) is 0. The Morgan fingerprint density at radius 1 is 1.39 bits per heavy atom. The molecule has 0 spiro atoms. The molecule has 0 radical (unpaired) electrons. The average molecular weight is 310 g/mol. The number of aromatic nitrogens is 2. The van der Waals surface area contributed by atoms with Gasteiger partial charge in [0, 0.05) is 25.0 Å². The fourth-order valence-corrected chi connectivity index (χ4v) is 1.97. The molecule has 2 N–H and O–H groups in total. The van der Waals surface area contributed by atoms with Crippen molar-refractivity contribution in [3.05, 3.63) is 46.7 Å². The molecule has 1 aromatic heterocycles. The molecule has 1 aromatic carbocycles. The van der Waals surface area contributed by atoms with Crippen molar-refractivity contribution in [1.29, 1.82) is 0 Å². The Balaban J connectivity index is 1.75. The van der Waals surface area contributed by atoms with Crippen molar-refractivity contribution >= 4 is 15.9 Å². The molecule has 4 nitrogen and oxygen atoms in total. The molecule has 0 unspecified atom stereocenters. The highest BCUT2D eigenvalue weighted by molar-refractivity contribution is 9.10. The molecule has 96 valence electrons. The van der Waals surface area contributed by atoms with Gasteiger partial charge in [-0.15, -0.1) is 0 Å². The monoisotopic (exact) mass is 309 g/mol. The van der Waals surface area contributed by atoms with E-state index >= 15 is 0 Å².